The lowest BCUT2D eigenvalue weighted by Crippen LogP contribution is -2.47. The molecule has 3 rings (SSSR count). The average molecular weight is 414 g/mol. The first-order chi connectivity index (χ1) is 13.9. The standard InChI is InChI=1S/C21H22N2O5S/c1-3-28-21(25)18-13-29-20(14(2)15-8-5-4-6-9-15)22(18)19(24)16-10-7-11-17(12-16)23(26)27/h4-12,14,18,20H,3,13H2,1-2H3. The molecular weight excluding hydrogens is 392 g/mol. The van der Waals surface area contributed by atoms with Crippen molar-refractivity contribution in [2.45, 2.75) is 31.2 Å². The largest absolute Gasteiger partial charge is 0.464 e. The second kappa shape index (κ2) is 9.09. The van der Waals surface area contributed by atoms with Crippen LogP contribution in [0, 0.1) is 10.1 Å². The third-order valence-electron chi connectivity index (χ3n) is 4.88. The van der Waals surface area contributed by atoms with Crippen LogP contribution >= 0.6 is 11.8 Å². The number of non-ortho nitro benzene ring substituents is 1. The third kappa shape index (κ3) is 4.42. The van der Waals surface area contributed by atoms with Crippen LogP contribution in [0.5, 0.6) is 0 Å². The predicted octanol–water partition coefficient (Wildman–Crippen LogP) is 3.85. The van der Waals surface area contributed by atoms with Crippen LogP contribution in [-0.2, 0) is 9.53 Å². The maximum absolute atomic E-state index is 13.4. The topological polar surface area (TPSA) is 89.8 Å². The zero-order chi connectivity index (χ0) is 21.0. The average Bonchev–Trinajstić information content (AvgIpc) is 3.18. The summed E-state index contributed by atoms with van der Waals surface area (Å²) in [4.78, 5) is 38.0. The Morgan fingerprint density at radius 2 is 1.97 bits per heavy atom. The maximum atomic E-state index is 13.4. The fourth-order valence-electron chi connectivity index (χ4n) is 3.41. The Balaban J connectivity index is 1.97. The highest BCUT2D eigenvalue weighted by atomic mass is 32.2. The molecule has 0 radical (unpaired) electrons. The van der Waals surface area contributed by atoms with Crippen molar-refractivity contribution in [2.75, 3.05) is 12.4 Å². The Bertz CT molecular complexity index is 905. The monoisotopic (exact) mass is 414 g/mol. The van der Waals surface area contributed by atoms with Crippen molar-refractivity contribution >= 4 is 29.3 Å². The first-order valence-electron chi connectivity index (χ1n) is 9.34. The molecule has 2 aromatic carbocycles. The molecule has 0 spiro atoms. The fraction of sp³-hybridized carbons (Fsp3) is 0.333. The summed E-state index contributed by atoms with van der Waals surface area (Å²) in [6, 6.07) is 14.6. The molecule has 0 N–H and O–H groups in total. The predicted molar refractivity (Wildman–Crippen MR) is 111 cm³/mol. The Morgan fingerprint density at radius 3 is 2.62 bits per heavy atom. The van der Waals surface area contributed by atoms with E-state index in [9.17, 15) is 19.7 Å². The van der Waals surface area contributed by atoms with Crippen LogP contribution in [0.15, 0.2) is 54.6 Å². The van der Waals surface area contributed by atoms with Gasteiger partial charge in [0.15, 0.2) is 0 Å². The molecule has 1 aliphatic rings. The van der Waals surface area contributed by atoms with Crippen LogP contribution in [0.2, 0.25) is 0 Å². The van der Waals surface area contributed by atoms with Crippen molar-refractivity contribution in [3.8, 4) is 0 Å². The minimum atomic E-state index is -0.733. The van der Waals surface area contributed by atoms with Gasteiger partial charge in [-0.05, 0) is 18.6 Å². The smallest absolute Gasteiger partial charge is 0.329 e. The van der Waals surface area contributed by atoms with Gasteiger partial charge < -0.3 is 9.64 Å². The van der Waals surface area contributed by atoms with Gasteiger partial charge in [0.05, 0.1) is 16.9 Å². The number of nitro benzene ring substituents is 1. The number of hydrogen-bond acceptors (Lipinski definition) is 6. The Labute approximate surface area is 173 Å². The van der Waals surface area contributed by atoms with E-state index in [1.54, 1.807) is 6.92 Å². The van der Waals surface area contributed by atoms with E-state index in [4.69, 9.17) is 4.74 Å². The summed E-state index contributed by atoms with van der Waals surface area (Å²) >= 11 is 1.52. The van der Waals surface area contributed by atoms with Crippen LogP contribution in [0.25, 0.3) is 0 Å². The van der Waals surface area contributed by atoms with E-state index in [1.165, 1.54) is 40.9 Å². The maximum Gasteiger partial charge on any atom is 0.329 e. The van der Waals surface area contributed by atoms with Gasteiger partial charge in [0.2, 0.25) is 0 Å². The van der Waals surface area contributed by atoms with Crippen molar-refractivity contribution in [3.63, 3.8) is 0 Å². The SMILES string of the molecule is CCOC(=O)C1CSC(C(C)c2ccccc2)N1C(=O)c1cccc([N+](=O)[O-])c1. The van der Waals surface area contributed by atoms with E-state index < -0.39 is 22.8 Å². The zero-order valence-corrected chi connectivity index (χ0v) is 17.0. The van der Waals surface area contributed by atoms with E-state index in [0.717, 1.165) is 5.56 Å². The van der Waals surface area contributed by atoms with Gasteiger partial charge in [0.1, 0.15) is 6.04 Å². The number of thioether (sulfide) groups is 1. The molecule has 0 aliphatic carbocycles. The van der Waals surface area contributed by atoms with Crippen molar-refractivity contribution in [1.82, 2.24) is 4.90 Å². The molecule has 0 bridgehead atoms. The third-order valence-corrected chi connectivity index (χ3v) is 6.37. The molecule has 1 fully saturated rings. The van der Waals surface area contributed by atoms with E-state index in [1.807, 2.05) is 37.3 Å². The highest BCUT2D eigenvalue weighted by Crippen LogP contribution is 2.40. The number of rotatable bonds is 6. The van der Waals surface area contributed by atoms with E-state index in [-0.39, 0.29) is 29.1 Å². The molecule has 0 saturated carbocycles. The van der Waals surface area contributed by atoms with Crippen LogP contribution in [0.1, 0.15) is 35.7 Å². The van der Waals surface area contributed by atoms with Crippen molar-refractivity contribution in [3.05, 3.63) is 75.8 Å². The number of carbonyl (C=O) groups is 2. The zero-order valence-electron chi connectivity index (χ0n) is 16.2. The van der Waals surface area contributed by atoms with Crippen LogP contribution in [0.4, 0.5) is 5.69 Å². The number of ether oxygens (including phenoxy) is 1. The van der Waals surface area contributed by atoms with Gasteiger partial charge in [0.25, 0.3) is 11.6 Å². The molecule has 29 heavy (non-hydrogen) atoms. The lowest BCUT2D eigenvalue weighted by molar-refractivity contribution is -0.384. The number of hydrogen-bond donors (Lipinski definition) is 0. The Hall–Kier alpha value is -2.87. The van der Waals surface area contributed by atoms with Crippen LogP contribution in [0.3, 0.4) is 0 Å². The number of esters is 1. The molecule has 1 aliphatic heterocycles. The van der Waals surface area contributed by atoms with Gasteiger partial charge in [-0.25, -0.2) is 4.79 Å². The van der Waals surface area contributed by atoms with Gasteiger partial charge in [-0.1, -0.05) is 43.3 Å². The first kappa shape index (κ1) is 20.9. The summed E-state index contributed by atoms with van der Waals surface area (Å²) < 4.78 is 5.18. The van der Waals surface area contributed by atoms with Crippen molar-refractivity contribution in [2.24, 2.45) is 0 Å². The summed E-state index contributed by atoms with van der Waals surface area (Å²) in [7, 11) is 0. The minimum Gasteiger partial charge on any atom is -0.464 e. The van der Waals surface area contributed by atoms with E-state index in [0.29, 0.717) is 5.75 Å². The quantitative estimate of drug-likeness (QED) is 0.405. The van der Waals surface area contributed by atoms with Crippen LogP contribution in [-0.4, -0.2) is 45.5 Å². The second-order valence-electron chi connectivity index (χ2n) is 6.71. The summed E-state index contributed by atoms with van der Waals surface area (Å²) in [5.74, 6) is -0.490. The molecule has 7 nitrogen and oxygen atoms in total. The molecule has 1 heterocycles. The number of benzene rings is 2. The molecule has 3 atom stereocenters. The molecule has 2 aromatic rings. The molecule has 8 heteroatoms. The second-order valence-corrected chi connectivity index (χ2v) is 7.86. The minimum absolute atomic E-state index is 0.0386. The number of amides is 1. The highest BCUT2D eigenvalue weighted by Gasteiger charge is 2.45. The number of carbonyl (C=O) groups excluding carboxylic acids is 2. The van der Waals surface area contributed by atoms with Gasteiger partial charge in [0, 0.05) is 29.4 Å². The van der Waals surface area contributed by atoms with Crippen molar-refractivity contribution < 1.29 is 19.2 Å². The normalized spacial score (nSPS) is 19.6. The van der Waals surface area contributed by atoms with Gasteiger partial charge in [-0.3, -0.25) is 14.9 Å². The summed E-state index contributed by atoms with van der Waals surface area (Å²) in [5.41, 5.74) is 1.07. The van der Waals surface area contributed by atoms with Gasteiger partial charge >= 0.3 is 5.97 Å². The van der Waals surface area contributed by atoms with E-state index in [2.05, 4.69) is 0 Å². The molecule has 1 amide bonds. The Kier molecular flexibility index (Phi) is 6.53. The molecular formula is C21H22N2O5S. The first-order valence-corrected chi connectivity index (χ1v) is 10.4. The molecule has 152 valence electrons. The fourth-order valence-corrected chi connectivity index (χ4v) is 4.94. The molecule has 0 aromatic heterocycles. The molecule has 3 unspecified atom stereocenters. The van der Waals surface area contributed by atoms with E-state index >= 15 is 0 Å². The summed E-state index contributed by atoms with van der Waals surface area (Å²) in [6.45, 7) is 3.95. The summed E-state index contributed by atoms with van der Waals surface area (Å²) in [5, 5.41) is 10.8. The summed E-state index contributed by atoms with van der Waals surface area (Å²) in [6.07, 6.45) is 0. The number of nitro groups is 1. The van der Waals surface area contributed by atoms with Gasteiger partial charge in [-0.2, -0.15) is 0 Å². The van der Waals surface area contributed by atoms with Gasteiger partial charge in [-0.15, -0.1) is 11.8 Å². The van der Waals surface area contributed by atoms with Crippen molar-refractivity contribution in [1.29, 1.82) is 0 Å². The highest BCUT2D eigenvalue weighted by molar-refractivity contribution is 8.00. The number of nitrogens with zero attached hydrogens (tertiary/aromatic N) is 2. The van der Waals surface area contributed by atoms with Crippen LogP contribution < -0.4 is 0 Å². The lowest BCUT2D eigenvalue weighted by Gasteiger charge is -2.32. The Morgan fingerprint density at radius 1 is 1.24 bits per heavy atom. The lowest BCUT2D eigenvalue weighted by atomic mass is 9.99. The molecule has 1 saturated heterocycles.